The van der Waals surface area contributed by atoms with Gasteiger partial charge in [-0.1, -0.05) is 23.8 Å². The number of benzene rings is 1. The van der Waals surface area contributed by atoms with Gasteiger partial charge in [0.25, 0.3) is 0 Å². The van der Waals surface area contributed by atoms with Gasteiger partial charge in [-0.15, -0.1) is 0 Å². The van der Waals surface area contributed by atoms with Crippen molar-refractivity contribution in [1.29, 1.82) is 0 Å². The maximum Gasteiger partial charge on any atom is 0.233 e. The molecule has 0 spiro atoms. The number of phenolic OH excluding ortho intramolecular Hbond substituents is 1. The van der Waals surface area contributed by atoms with Crippen LogP contribution < -0.4 is 0 Å². The molecule has 2 amide bonds. The summed E-state index contributed by atoms with van der Waals surface area (Å²) in [6.45, 7) is 5.72. The molecule has 1 N–H and O–H groups in total. The highest BCUT2D eigenvalue weighted by atomic mass is 79.9. The molecule has 6 nitrogen and oxygen atoms in total. The maximum absolute atomic E-state index is 13.3. The second-order valence-corrected chi connectivity index (χ2v) is 10.2. The molecule has 0 unspecified atom stereocenters. The normalized spacial score (nSPS) is 29.0. The van der Waals surface area contributed by atoms with Crippen LogP contribution in [0, 0.1) is 31.6 Å². The van der Waals surface area contributed by atoms with E-state index in [9.17, 15) is 24.3 Å². The molecule has 0 aromatic heterocycles. The van der Waals surface area contributed by atoms with Gasteiger partial charge in [0.2, 0.25) is 11.8 Å². The van der Waals surface area contributed by atoms with E-state index in [-0.39, 0.29) is 46.0 Å². The third kappa shape index (κ3) is 3.05. The SMILES string of the molecule is CCN1C(=O)[C@H]2[C@H](CC=C3[C@H](c4cc(C)c(O)c(C)c4)C4=C(C[C@H]32)C(=O)C(Br)=CC4=O)C1=O. The van der Waals surface area contributed by atoms with Crippen molar-refractivity contribution in [3.63, 3.8) is 0 Å². The van der Waals surface area contributed by atoms with E-state index in [1.54, 1.807) is 20.8 Å². The third-order valence-corrected chi connectivity index (χ3v) is 8.17. The summed E-state index contributed by atoms with van der Waals surface area (Å²) in [7, 11) is 0. The largest absolute Gasteiger partial charge is 0.507 e. The lowest BCUT2D eigenvalue weighted by Crippen LogP contribution is -2.39. The Kier molecular flexibility index (Phi) is 5.08. The standard InChI is InChI=1S/C26H24BrNO5/c1-4-28-25(32)15-6-5-14-16(21(15)26(28)33)9-17-22(19(29)10-18(27)24(17)31)20(14)13-7-11(2)23(30)12(3)8-13/h5,7-8,10,15-16,20-21,30H,4,6,9H2,1-3H3/t15-,16+,20-,21-/m0/s1. The fourth-order valence-electron chi connectivity index (χ4n) is 6.12. The highest BCUT2D eigenvalue weighted by molar-refractivity contribution is 9.12. The van der Waals surface area contributed by atoms with E-state index in [4.69, 9.17) is 0 Å². The quantitative estimate of drug-likeness (QED) is 0.372. The number of fused-ring (bicyclic) bond motifs is 3. The van der Waals surface area contributed by atoms with Crippen LogP contribution >= 0.6 is 15.9 Å². The maximum atomic E-state index is 13.3. The third-order valence-electron chi connectivity index (χ3n) is 7.59. The van der Waals surface area contributed by atoms with Gasteiger partial charge in [0, 0.05) is 29.7 Å². The van der Waals surface area contributed by atoms with Gasteiger partial charge in [0.15, 0.2) is 11.6 Å². The first-order valence-corrected chi connectivity index (χ1v) is 12.0. The molecular weight excluding hydrogens is 486 g/mol. The minimum Gasteiger partial charge on any atom is -0.507 e. The number of Topliss-reactive ketones (excluding diaryl/α,β-unsaturated/α-hetero) is 1. The average Bonchev–Trinajstić information content (AvgIpc) is 3.03. The molecular formula is C26H24BrNO5. The van der Waals surface area contributed by atoms with E-state index in [1.807, 2.05) is 18.2 Å². The first kappa shape index (κ1) is 22.0. The van der Waals surface area contributed by atoms with E-state index in [0.29, 0.717) is 35.2 Å². The zero-order valence-electron chi connectivity index (χ0n) is 18.6. The summed E-state index contributed by atoms with van der Waals surface area (Å²) >= 11 is 3.23. The molecule has 1 fully saturated rings. The highest BCUT2D eigenvalue weighted by Gasteiger charge is 2.55. The monoisotopic (exact) mass is 509 g/mol. The van der Waals surface area contributed by atoms with E-state index in [1.165, 1.54) is 11.0 Å². The van der Waals surface area contributed by atoms with Gasteiger partial charge in [-0.05, 0) is 72.2 Å². The molecule has 7 heteroatoms. The molecule has 1 saturated heterocycles. The van der Waals surface area contributed by atoms with Crippen LogP contribution in [0.3, 0.4) is 0 Å². The second kappa shape index (κ2) is 7.62. The van der Waals surface area contributed by atoms with Crippen molar-refractivity contribution in [1.82, 2.24) is 4.90 Å². The molecule has 3 aliphatic carbocycles. The Balaban J connectivity index is 1.72. The minimum absolute atomic E-state index is 0.150. The van der Waals surface area contributed by atoms with Gasteiger partial charge < -0.3 is 5.11 Å². The first-order chi connectivity index (χ1) is 15.6. The predicted octanol–water partition coefficient (Wildman–Crippen LogP) is 3.79. The van der Waals surface area contributed by atoms with Crippen LogP contribution in [0.1, 0.15) is 42.4 Å². The van der Waals surface area contributed by atoms with E-state index >= 15 is 0 Å². The van der Waals surface area contributed by atoms with Crippen molar-refractivity contribution in [2.24, 2.45) is 17.8 Å². The average molecular weight is 510 g/mol. The smallest absolute Gasteiger partial charge is 0.233 e. The Bertz CT molecular complexity index is 1230. The van der Waals surface area contributed by atoms with E-state index in [0.717, 1.165) is 11.1 Å². The lowest BCUT2D eigenvalue weighted by Gasteiger charge is -2.42. The van der Waals surface area contributed by atoms with Crippen molar-refractivity contribution in [2.45, 2.75) is 39.5 Å². The van der Waals surface area contributed by atoms with Crippen LogP contribution in [0.25, 0.3) is 0 Å². The Labute approximate surface area is 200 Å². The number of carbonyl (C=O) groups is 4. The van der Waals surface area contributed by atoms with Crippen molar-refractivity contribution in [3.8, 4) is 5.75 Å². The zero-order chi connectivity index (χ0) is 23.8. The summed E-state index contributed by atoms with van der Waals surface area (Å²) < 4.78 is 0.215. The summed E-state index contributed by atoms with van der Waals surface area (Å²) in [4.78, 5) is 53.8. The van der Waals surface area contributed by atoms with Gasteiger partial charge in [-0.25, -0.2) is 0 Å². The fraction of sp³-hybridized carbons (Fsp3) is 0.385. The number of imide groups is 1. The number of hydrogen-bond acceptors (Lipinski definition) is 5. The number of amides is 2. The number of likely N-dealkylation sites (tertiary alicyclic amines) is 1. The number of ketones is 2. The van der Waals surface area contributed by atoms with Crippen molar-refractivity contribution < 1.29 is 24.3 Å². The molecule has 170 valence electrons. The minimum atomic E-state index is -0.527. The summed E-state index contributed by atoms with van der Waals surface area (Å²) in [6, 6.07) is 3.69. The van der Waals surface area contributed by atoms with Crippen molar-refractivity contribution >= 4 is 39.3 Å². The lowest BCUT2D eigenvalue weighted by molar-refractivity contribution is -0.139. The predicted molar refractivity (Wildman–Crippen MR) is 125 cm³/mol. The Morgan fingerprint density at radius 3 is 2.36 bits per heavy atom. The molecule has 5 rings (SSSR count). The van der Waals surface area contributed by atoms with Gasteiger partial charge >= 0.3 is 0 Å². The number of rotatable bonds is 2. The van der Waals surface area contributed by atoms with Crippen molar-refractivity contribution in [3.05, 3.63) is 62.2 Å². The number of aromatic hydroxyl groups is 1. The summed E-state index contributed by atoms with van der Waals surface area (Å²) in [5.74, 6) is -2.39. The van der Waals surface area contributed by atoms with E-state index in [2.05, 4.69) is 15.9 Å². The Morgan fingerprint density at radius 2 is 1.73 bits per heavy atom. The Morgan fingerprint density at radius 1 is 1.06 bits per heavy atom. The zero-order valence-corrected chi connectivity index (χ0v) is 20.2. The molecule has 1 aromatic carbocycles. The van der Waals surface area contributed by atoms with Crippen LogP contribution in [0.2, 0.25) is 0 Å². The molecule has 1 aromatic rings. The highest BCUT2D eigenvalue weighted by Crippen LogP contribution is 2.55. The fourth-order valence-corrected chi connectivity index (χ4v) is 6.57. The van der Waals surface area contributed by atoms with Gasteiger partial charge in [0.1, 0.15) is 5.75 Å². The number of carbonyl (C=O) groups excluding carboxylic acids is 4. The van der Waals surface area contributed by atoms with Crippen LogP contribution in [-0.2, 0) is 19.2 Å². The molecule has 0 saturated carbocycles. The molecule has 1 aliphatic heterocycles. The number of allylic oxidation sites excluding steroid dienone is 6. The van der Waals surface area contributed by atoms with Crippen LogP contribution in [-0.4, -0.2) is 39.9 Å². The van der Waals surface area contributed by atoms with Crippen molar-refractivity contribution in [2.75, 3.05) is 6.54 Å². The molecule has 0 radical (unpaired) electrons. The summed E-state index contributed by atoms with van der Waals surface area (Å²) in [5, 5.41) is 10.3. The summed E-state index contributed by atoms with van der Waals surface area (Å²) in [5.41, 5.74) is 3.95. The number of hydrogen-bond donors (Lipinski definition) is 1. The first-order valence-electron chi connectivity index (χ1n) is 11.2. The number of phenols is 1. The topological polar surface area (TPSA) is 91.8 Å². The van der Waals surface area contributed by atoms with Gasteiger partial charge in [0.05, 0.1) is 16.3 Å². The van der Waals surface area contributed by atoms with Crippen LogP contribution in [0.4, 0.5) is 0 Å². The number of nitrogens with zero attached hydrogens (tertiary/aromatic N) is 1. The number of aryl methyl sites for hydroxylation is 2. The van der Waals surface area contributed by atoms with Gasteiger partial charge in [-0.2, -0.15) is 0 Å². The molecule has 33 heavy (non-hydrogen) atoms. The summed E-state index contributed by atoms with van der Waals surface area (Å²) in [6.07, 6.45) is 4.03. The molecule has 1 heterocycles. The van der Waals surface area contributed by atoms with Crippen LogP contribution in [0.5, 0.6) is 5.75 Å². The lowest BCUT2D eigenvalue weighted by atomic mass is 9.59. The molecule has 0 bridgehead atoms. The Hall–Kier alpha value is -2.80. The second-order valence-electron chi connectivity index (χ2n) is 9.32. The van der Waals surface area contributed by atoms with E-state index < -0.39 is 17.8 Å². The van der Waals surface area contributed by atoms with Crippen LogP contribution in [0.15, 0.2) is 45.5 Å². The number of halogens is 1. The molecule has 4 atom stereocenters. The van der Waals surface area contributed by atoms with Gasteiger partial charge in [-0.3, -0.25) is 24.1 Å². The molecule has 4 aliphatic rings.